The first-order chi connectivity index (χ1) is 13.7. The topological polar surface area (TPSA) is 90.9 Å². The maximum Gasteiger partial charge on any atom is 0.253 e. The highest BCUT2D eigenvalue weighted by Gasteiger charge is 2.23. The number of carbonyl (C=O) groups excluding carboxylic acids is 1. The van der Waals surface area contributed by atoms with E-state index in [1.807, 2.05) is 29.2 Å². The molecule has 3 heterocycles. The van der Waals surface area contributed by atoms with Crippen molar-refractivity contribution in [2.24, 2.45) is 0 Å². The zero-order valence-corrected chi connectivity index (χ0v) is 15.3. The molecule has 0 unspecified atom stereocenters. The van der Waals surface area contributed by atoms with Crippen LogP contribution in [0.3, 0.4) is 0 Å². The summed E-state index contributed by atoms with van der Waals surface area (Å²) in [6.07, 6.45) is 4.82. The molecular formula is C20H19N7O. The number of nitriles is 1. The predicted molar refractivity (Wildman–Crippen MR) is 103 cm³/mol. The molecule has 28 heavy (non-hydrogen) atoms. The Morgan fingerprint density at radius 3 is 2.57 bits per heavy atom. The number of amides is 1. The molecule has 8 nitrogen and oxygen atoms in total. The third-order valence-electron chi connectivity index (χ3n) is 4.78. The molecular weight excluding hydrogens is 354 g/mol. The first-order valence-electron chi connectivity index (χ1n) is 9.04. The van der Waals surface area contributed by atoms with Crippen LogP contribution in [0.4, 0.5) is 5.82 Å². The maximum absolute atomic E-state index is 12.8. The van der Waals surface area contributed by atoms with Gasteiger partial charge in [-0.1, -0.05) is 12.1 Å². The van der Waals surface area contributed by atoms with Crippen LogP contribution in [0.2, 0.25) is 0 Å². The number of aromatic nitrogens is 4. The highest BCUT2D eigenvalue weighted by atomic mass is 16.2. The second-order valence-electron chi connectivity index (χ2n) is 6.58. The molecule has 4 rings (SSSR count). The van der Waals surface area contributed by atoms with Crippen LogP contribution in [0.1, 0.15) is 21.5 Å². The highest BCUT2D eigenvalue weighted by molar-refractivity contribution is 5.94. The monoisotopic (exact) mass is 373 g/mol. The van der Waals surface area contributed by atoms with Crippen LogP contribution in [-0.2, 0) is 6.54 Å². The number of hydrogen-bond donors (Lipinski definition) is 0. The van der Waals surface area contributed by atoms with Gasteiger partial charge in [0, 0.05) is 37.9 Å². The van der Waals surface area contributed by atoms with Crippen molar-refractivity contribution in [1.29, 1.82) is 5.26 Å². The molecule has 140 valence electrons. The molecule has 0 radical (unpaired) electrons. The van der Waals surface area contributed by atoms with Crippen LogP contribution < -0.4 is 4.90 Å². The van der Waals surface area contributed by atoms with E-state index in [9.17, 15) is 4.79 Å². The van der Waals surface area contributed by atoms with E-state index < -0.39 is 0 Å². The summed E-state index contributed by atoms with van der Waals surface area (Å²) < 4.78 is 1.74. The highest BCUT2D eigenvalue weighted by Crippen LogP contribution is 2.16. The number of piperazine rings is 1. The summed E-state index contributed by atoms with van der Waals surface area (Å²) in [5.74, 6) is 0.814. The normalized spacial score (nSPS) is 14.0. The van der Waals surface area contributed by atoms with E-state index >= 15 is 0 Å². The summed E-state index contributed by atoms with van der Waals surface area (Å²) in [5, 5.41) is 13.1. The minimum atomic E-state index is 0.0330. The van der Waals surface area contributed by atoms with Gasteiger partial charge in [-0.3, -0.25) is 4.79 Å². The van der Waals surface area contributed by atoms with Crippen molar-refractivity contribution >= 4 is 11.7 Å². The molecule has 0 saturated carbocycles. The summed E-state index contributed by atoms with van der Waals surface area (Å²) in [7, 11) is 0. The second kappa shape index (κ2) is 7.88. The Morgan fingerprint density at radius 1 is 1.11 bits per heavy atom. The van der Waals surface area contributed by atoms with Crippen molar-refractivity contribution in [3.63, 3.8) is 0 Å². The molecule has 3 aromatic rings. The molecule has 1 aliphatic heterocycles. The third-order valence-corrected chi connectivity index (χ3v) is 4.78. The molecule has 0 spiro atoms. The average molecular weight is 373 g/mol. The summed E-state index contributed by atoms with van der Waals surface area (Å²) in [5.41, 5.74) is 2.34. The Morgan fingerprint density at radius 2 is 1.89 bits per heavy atom. The van der Waals surface area contributed by atoms with E-state index in [4.69, 9.17) is 5.26 Å². The summed E-state index contributed by atoms with van der Waals surface area (Å²) in [6, 6.07) is 13.2. The Kier molecular flexibility index (Phi) is 4.97. The SMILES string of the molecule is N#Cc1ccnc(N2CCN(C(=O)c3ccc(Cn4cncn4)cc3)CC2)c1. The lowest BCUT2D eigenvalue weighted by atomic mass is 10.1. The van der Waals surface area contributed by atoms with Gasteiger partial charge in [-0.05, 0) is 29.8 Å². The van der Waals surface area contributed by atoms with Crippen molar-refractivity contribution < 1.29 is 4.79 Å². The summed E-state index contributed by atoms with van der Waals surface area (Å²) in [4.78, 5) is 25.0. The molecule has 1 aliphatic rings. The van der Waals surface area contributed by atoms with Crippen LogP contribution in [0, 0.1) is 11.3 Å². The zero-order chi connectivity index (χ0) is 19.3. The Hall–Kier alpha value is -3.73. The minimum absolute atomic E-state index is 0.0330. The number of anilines is 1. The predicted octanol–water partition coefficient (Wildman–Crippen LogP) is 1.56. The van der Waals surface area contributed by atoms with Crippen molar-refractivity contribution in [2.75, 3.05) is 31.1 Å². The third kappa shape index (κ3) is 3.83. The first-order valence-corrected chi connectivity index (χ1v) is 9.04. The second-order valence-corrected chi connectivity index (χ2v) is 6.58. The van der Waals surface area contributed by atoms with Crippen LogP contribution >= 0.6 is 0 Å². The number of hydrogen-bond acceptors (Lipinski definition) is 6. The van der Waals surface area contributed by atoms with Crippen LogP contribution in [0.5, 0.6) is 0 Å². The molecule has 1 amide bonds. The van der Waals surface area contributed by atoms with Crippen LogP contribution in [-0.4, -0.2) is 56.7 Å². The molecule has 0 N–H and O–H groups in total. The molecule has 0 aliphatic carbocycles. The minimum Gasteiger partial charge on any atom is -0.353 e. The molecule has 0 bridgehead atoms. The number of rotatable bonds is 4. The van der Waals surface area contributed by atoms with Gasteiger partial charge in [0.1, 0.15) is 18.5 Å². The number of carbonyl (C=O) groups is 1. The van der Waals surface area contributed by atoms with Crippen molar-refractivity contribution in [2.45, 2.75) is 6.54 Å². The number of nitrogens with zero attached hydrogens (tertiary/aromatic N) is 7. The smallest absolute Gasteiger partial charge is 0.253 e. The molecule has 1 fully saturated rings. The summed E-state index contributed by atoms with van der Waals surface area (Å²) >= 11 is 0. The van der Waals surface area contributed by atoms with Crippen LogP contribution in [0.25, 0.3) is 0 Å². The molecule has 1 saturated heterocycles. The summed E-state index contributed by atoms with van der Waals surface area (Å²) in [6.45, 7) is 3.26. The average Bonchev–Trinajstić information content (AvgIpc) is 3.27. The quantitative estimate of drug-likeness (QED) is 0.689. The molecule has 2 aromatic heterocycles. The van der Waals surface area contributed by atoms with Gasteiger partial charge in [0.25, 0.3) is 5.91 Å². The van der Waals surface area contributed by atoms with Gasteiger partial charge in [0.2, 0.25) is 0 Å². The fourth-order valence-corrected chi connectivity index (χ4v) is 3.24. The molecule has 8 heteroatoms. The Balaban J connectivity index is 1.36. The van der Waals surface area contributed by atoms with Crippen LogP contribution in [0.15, 0.2) is 55.2 Å². The van der Waals surface area contributed by atoms with Crippen molar-refractivity contribution in [3.8, 4) is 6.07 Å². The lowest BCUT2D eigenvalue weighted by molar-refractivity contribution is 0.0746. The first kappa shape index (κ1) is 17.7. The molecule has 1 aromatic carbocycles. The number of pyridine rings is 1. The van der Waals surface area contributed by atoms with E-state index in [2.05, 4.69) is 26.0 Å². The molecule has 0 atom stereocenters. The maximum atomic E-state index is 12.8. The fraction of sp³-hybridized carbons (Fsp3) is 0.250. The zero-order valence-electron chi connectivity index (χ0n) is 15.3. The standard InChI is InChI=1S/C20H19N7O/c21-12-17-5-6-23-19(11-17)25-7-9-26(10-8-25)20(28)18-3-1-16(2-4-18)13-27-15-22-14-24-27/h1-6,11,14-15H,7-10,13H2. The van der Waals surface area contributed by atoms with Gasteiger partial charge in [0.15, 0.2) is 0 Å². The largest absolute Gasteiger partial charge is 0.353 e. The Labute approximate surface area is 162 Å². The van der Waals surface area contributed by atoms with Gasteiger partial charge in [0.05, 0.1) is 18.2 Å². The Bertz CT molecular complexity index is 984. The lowest BCUT2D eigenvalue weighted by Gasteiger charge is -2.35. The number of benzene rings is 1. The van der Waals surface area contributed by atoms with Crippen molar-refractivity contribution in [1.82, 2.24) is 24.6 Å². The van der Waals surface area contributed by atoms with Gasteiger partial charge in [-0.25, -0.2) is 14.6 Å². The van der Waals surface area contributed by atoms with Gasteiger partial charge in [-0.15, -0.1) is 0 Å². The van der Waals surface area contributed by atoms with Gasteiger partial charge in [-0.2, -0.15) is 10.4 Å². The van der Waals surface area contributed by atoms with Crippen molar-refractivity contribution in [3.05, 3.63) is 71.9 Å². The van der Waals surface area contributed by atoms with E-state index in [1.54, 1.807) is 29.3 Å². The van der Waals surface area contributed by atoms with E-state index in [-0.39, 0.29) is 5.91 Å². The van der Waals surface area contributed by atoms with E-state index in [0.29, 0.717) is 43.9 Å². The lowest BCUT2D eigenvalue weighted by Crippen LogP contribution is -2.49. The van der Waals surface area contributed by atoms with E-state index in [0.717, 1.165) is 11.4 Å². The van der Waals surface area contributed by atoms with E-state index in [1.165, 1.54) is 6.33 Å². The van der Waals surface area contributed by atoms with Gasteiger partial charge >= 0.3 is 0 Å². The fourth-order valence-electron chi connectivity index (χ4n) is 3.24. The van der Waals surface area contributed by atoms with Gasteiger partial charge < -0.3 is 9.80 Å².